The molecule has 0 aliphatic heterocycles. The van der Waals surface area contributed by atoms with E-state index in [0.717, 1.165) is 0 Å². The van der Waals surface area contributed by atoms with Crippen LogP contribution >= 0.6 is 0 Å². The summed E-state index contributed by atoms with van der Waals surface area (Å²) in [6.45, 7) is 0.148. The third-order valence-corrected chi connectivity index (χ3v) is 4.18. The zero-order valence-corrected chi connectivity index (χ0v) is 16.4. The van der Waals surface area contributed by atoms with Crippen LogP contribution in [0.2, 0.25) is 0 Å². The van der Waals surface area contributed by atoms with Gasteiger partial charge in [0.1, 0.15) is 23.9 Å². The van der Waals surface area contributed by atoms with Gasteiger partial charge >= 0.3 is 0 Å². The number of hydrogen-bond acceptors (Lipinski definition) is 7. The van der Waals surface area contributed by atoms with Gasteiger partial charge in [-0.05, 0) is 54.6 Å². The summed E-state index contributed by atoms with van der Waals surface area (Å²) >= 11 is 0. The molecule has 0 saturated heterocycles. The van der Waals surface area contributed by atoms with Gasteiger partial charge in [0.15, 0.2) is 17.3 Å². The second-order valence-corrected chi connectivity index (χ2v) is 6.11. The van der Waals surface area contributed by atoms with Crippen molar-refractivity contribution in [3.05, 3.63) is 87.9 Å². The molecule has 3 aromatic rings. The minimum absolute atomic E-state index is 0.00748. The normalized spacial score (nSPS) is 10.7. The molecule has 0 atom stereocenters. The van der Waals surface area contributed by atoms with Crippen molar-refractivity contribution in [1.29, 1.82) is 0 Å². The smallest absolute Gasteiger partial charge is 0.269 e. The van der Waals surface area contributed by atoms with Crippen LogP contribution in [0, 0.1) is 10.1 Å². The van der Waals surface area contributed by atoms with E-state index in [1.54, 1.807) is 36.4 Å². The van der Waals surface area contributed by atoms with Crippen molar-refractivity contribution in [2.75, 3.05) is 14.2 Å². The lowest BCUT2D eigenvalue weighted by Crippen LogP contribution is -1.97. The Morgan fingerprint density at radius 3 is 2.43 bits per heavy atom. The van der Waals surface area contributed by atoms with Gasteiger partial charge < -0.3 is 18.6 Å². The molecule has 8 heteroatoms. The molecular formula is C22H19NO7. The minimum Gasteiger partial charge on any atom is -0.493 e. The predicted octanol–water partition coefficient (Wildman–Crippen LogP) is 4.68. The van der Waals surface area contributed by atoms with Crippen LogP contribution in [0.4, 0.5) is 5.69 Å². The molecule has 0 radical (unpaired) electrons. The lowest BCUT2D eigenvalue weighted by Gasteiger charge is -2.07. The van der Waals surface area contributed by atoms with E-state index in [2.05, 4.69) is 0 Å². The minimum atomic E-state index is -0.474. The number of benzene rings is 2. The van der Waals surface area contributed by atoms with Crippen molar-refractivity contribution in [1.82, 2.24) is 0 Å². The maximum absolute atomic E-state index is 12.4. The first-order valence-corrected chi connectivity index (χ1v) is 8.90. The first kappa shape index (κ1) is 20.7. The molecule has 0 N–H and O–H groups in total. The van der Waals surface area contributed by atoms with E-state index >= 15 is 0 Å². The van der Waals surface area contributed by atoms with Crippen LogP contribution in [-0.4, -0.2) is 24.9 Å². The van der Waals surface area contributed by atoms with Crippen LogP contribution < -0.4 is 14.2 Å². The second-order valence-electron chi connectivity index (χ2n) is 6.11. The number of allylic oxidation sites excluding steroid dienone is 1. The van der Waals surface area contributed by atoms with Crippen LogP contribution in [-0.2, 0) is 6.61 Å². The molecule has 30 heavy (non-hydrogen) atoms. The first-order chi connectivity index (χ1) is 14.5. The van der Waals surface area contributed by atoms with Crippen LogP contribution in [0.1, 0.15) is 21.9 Å². The van der Waals surface area contributed by atoms with Gasteiger partial charge in [0.05, 0.1) is 19.1 Å². The number of ketones is 1. The number of nitro groups is 1. The zero-order valence-electron chi connectivity index (χ0n) is 16.4. The largest absolute Gasteiger partial charge is 0.493 e. The fourth-order valence-electron chi connectivity index (χ4n) is 2.62. The van der Waals surface area contributed by atoms with E-state index in [1.807, 2.05) is 0 Å². The van der Waals surface area contributed by atoms with E-state index in [0.29, 0.717) is 34.3 Å². The Morgan fingerprint density at radius 2 is 1.77 bits per heavy atom. The molecule has 0 aliphatic carbocycles. The van der Waals surface area contributed by atoms with Crippen molar-refractivity contribution in [2.24, 2.45) is 0 Å². The molecule has 0 amide bonds. The molecule has 0 bridgehead atoms. The third-order valence-electron chi connectivity index (χ3n) is 4.18. The highest BCUT2D eigenvalue weighted by atomic mass is 16.6. The quantitative estimate of drug-likeness (QED) is 0.219. The van der Waals surface area contributed by atoms with E-state index in [-0.39, 0.29) is 18.1 Å². The molecular weight excluding hydrogens is 390 g/mol. The van der Waals surface area contributed by atoms with Gasteiger partial charge in [-0.25, -0.2) is 0 Å². The van der Waals surface area contributed by atoms with Crippen LogP contribution in [0.15, 0.2) is 65.1 Å². The lowest BCUT2D eigenvalue weighted by atomic mass is 10.1. The van der Waals surface area contributed by atoms with Crippen LogP contribution in [0.5, 0.6) is 17.2 Å². The molecule has 8 nitrogen and oxygen atoms in total. The summed E-state index contributed by atoms with van der Waals surface area (Å²) in [7, 11) is 3.03. The average molecular weight is 409 g/mol. The summed E-state index contributed by atoms with van der Waals surface area (Å²) in [5, 5.41) is 10.7. The Labute approximate surface area is 172 Å². The number of furan rings is 1. The van der Waals surface area contributed by atoms with E-state index in [9.17, 15) is 14.9 Å². The van der Waals surface area contributed by atoms with E-state index in [4.69, 9.17) is 18.6 Å². The fraction of sp³-hybridized carbons (Fsp3) is 0.136. The van der Waals surface area contributed by atoms with Crippen molar-refractivity contribution >= 4 is 17.5 Å². The second kappa shape index (κ2) is 9.42. The maximum Gasteiger partial charge on any atom is 0.269 e. The third kappa shape index (κ3) is 5.05. The summed E-state index contributed by atoms with van der Waals surface area (Å²) in [5.74, 6) is 2.33. The summed E-state index contributed by atoms with van der Waals surface area (Å²) in [6, 6.07) is 14.1. The average Bonchev–Trinajstić information content (AvgIpc) is 3.23. The molecule has 2 aromatic carbocycles. The summed E-state index contributed by atoms with van der Waals surface area (Å²) in [5.41, 5.74) is 0.448. The highest BCUT2D eigenvalue weighted by Crippen LogP contribution is 2.28. The Morgan fingerprint density at radius 1 is 1.03 bits per heavy atom. The Kier molecular flexibility index (Phi) is 6.49. The monoisotopic (exact) mass is 409 g/mol. The maximum atomic E-state index is 12.4. The zero-order chi connectivity index (χ0) is 21.5. The standard InChI is InChI=1S/C22H19NO7/c1-27-21-12-3-15(13-22(21)28-2)20(24)11-10-18-8-9-19(30-18)14-29-17-6-4-16(5-7-17)23(25)26/h3-13H,14H2,1-2H3/b11-10+. The SMILES string of the molecule is COc1ccc(C(=O)/C=C/c2ccc(COc3ccc([N+](=O)[O-])cc3)o2)cc1OC. The van der Waals surface area contributed by atoms with Gasteiger partial charge in [-0.3, -0.25) is 14.9 Å². The molecule has 1 heterocycles. The van der Waals surface area contributed by atoms with Gasteiger partial charge in [0, 0.05) is 17.7 Å². The molecule has 1 aromatic heterocycles. The van der Waals surface area contributed by atoms with Gasteiger partial charge in [-0.15, -0.1) is 0 Å². The summed E-state index contributed by atoms with van der Waals surface area (Å²) in [6.07, 6.45) is 2.97. The molecule has 0 unspecified atom stereocenters. The molecule has 0 spiro atoms. The van der Waals surface area contributed by atoms with Gasteiger partial charge in [0.25, 0.3) is 5.69 Å². The highest BCUT2D eigenvalue weighted by molar-refractivity contribution is 6.07. The summed E-state index contributed by atoms with van der Waals surface area (Å²) < 4.78 is 21.5. The van der Waals surface area contributed by atoms with Crippen molar-refractivity contribution in [2.45, 2.75) is 6.61 Å². The fourth-order valence-corrected chi connectivity index (χ4v) is 2.62. The number of non-ortho nitro benzene ring substituents is 1. The molecule has 3 rings (SSSR count). The van der Waals surface area contributed by atoms with E-state index in [1.165, 1.54) is 44.6 Å². The number of rotatable bonds is 9. The number of nitrogens with zero attached hydrogens (tertiary/aromatic N) is 1. The Hall–Kier alpha value is -4.07. The van der Waals surface area contributed by atoms with Crippen LogP contribution in [0.3, 0.4) is 0 Å². The number of carbonyl (C=O) groups excluding carboxylic acids is 1. The Balaban J connectivity index is 1.60. The molecule has 0 aliphatic rings. The topological polar surface area (TPSA) is 101 Å². The highest BCUT2D eigenvalue weighted by Gasteiger charge is 2.09. The van der Waals surface area contributed by atoms with Gasteiger partial charge in [-0.1, -0.05) is 0 Å². The molecule has 0 saturated carbocycles. The first-order valence-electron chi connectivity index (χ1n) is 8.90. The van der Waals surface area contributed by atoms with E-state index < -0.39 is 4.92 Å². The number of ether oxygens (including phenoxy) is 3. The summed E-state index contributed by atoms with van der Waals surface area (Å²) in [4.78, 5) is 22.6. The molecule has 154 valence electrons. The molecule has 0 fully saturated rings. The lowest BCUT2D eigenvalue weighted by molar-refractivity contribution is -0.384. The number of carbonyl (C=O) groups is 1. The number of methoxy groups -OCH3 is 2. The predicted molar refractivity (Wildman–Crippen MR) is 109 cm³/mol. The van der Waals surface area contributed by atoms with Crippen molar-refractivity contribution in [3.63, 3.8) is 0 Å². The van der Waals surface area contributed by atoms with Crippen molar-refractivity contribution < 1.29 is 28.3 Å². The van der Waals surface area contributed by atoms with Crippen LogP contribution in [0.25, 0.3) is 6.08 Å². The Bertz CT molecular complexity index is 1070. The van der Waals surface area contributed by atoms with Gasteiger partial charge in [-0.2, -0.15) is 0 Å². The number of hydrogen-bond donors (Lipinski definition) is 0. The van der Waals surface area contributed by atoms with Crippen molar-refractivity contribution in [3.8, 4) is 17.2 Å². The van der Waals surface area contributed by atoms with Gasteiger partial charge in [0.2, 0.25) is 0 Å². The number of nitro benzene ring substituents is 1.